The van der Waals surface area contributed by atoms with Crippen LogP contribution in [0.1, 0.15) is 5.69 Å². The van der Waals surface area contributed by atoms with Crippen LogP contribution in [0.4, 0.5) is 0 Å². The first-order chi connectivity index (χ1) is 8.70. The maximum Gasteiger partial charge on any atom is 0.169 e. The molecule has 18 heavy (non-hydrogen) atoms. The molecular formula is C11H19N5O2. The van der Waals surface area contributed by atoms with Gasteiger partial charge >= 0.3 is 0 Å². The van der Waals surface area contributed by atoms with Crippen LogP contribution in [0, 0.1) is 0 Å². The molecule has 1 atom stereocenters. The first-order valence-corrected chi connectivity index (χ1v) is 5.99. The lowest BCUT2D eigenvalue weighted by Crippen LogP contribution is -2.49. The summed E-state index contributed by atoms with van der Waals surface area (Å²) in [7, 11) is 1.94. The Morgan fingerprint density at radius 2 is 2.56 bits per heavy atom. The van der Waals surface area contributed by atoms with Crippen molar-refractivity contribution in [3.63, 3.8) is 0 Å². The first kappa shape index (κ1) is 12.8. The minimum absolute atomic E-state index is 0.139. The Balaban J connectivity index is 1.85. The van der Waals surface area contributed by atoms with Crippen molar-refractivity contribution >= 4 is 5.84 Å². The monoisotopic (exact) mass is 253 g/mol. The highest BCUT2D eigenvalue weighted by molar-refractivity contribution is 5.84. The maximum atomic E-state index is 8.64. The summed E-state index contributed by atoms with van der Waals surface area (Å²) in [6.07, 6.45) is 2.42. The van der Waals surface area contributed by atoms with Crippen LogP contribution >= 0.6 is 0 Å². The quantitative estimate of drug-likeness (QED) is 0.324. The van der Waals surface area contributed by atoms with Gasteiger partial charge in [-0.25, -0.2) is 0 Å². The number of nitrogens with zero attached hydrogens (tertiary/aromatic N) is 4. The Bertz CT molecular complexity index is 417. The molecule has 1 aliphatic heterocycles. The number of oxime groups is 1. The maximum absolute atomic E-state index is 8.64. The number of amidine groups is 1. The van der Waals surface area contributed by atoms with Gasteiger partial charge in [0.2, 0.25) is 0 Å². The molecule has 0 aliphatic carbocycles. The van der Waals surface area contributed by atoms with E-state index in [1.54, 1.807) is 6.20 Å². The van der Waals surface area contributed by atoms with E-state index in [9.17, 15) is 0 Å². The predicted octanol–water partition coefficient (Wildman–Crippen LogP) is -0.590. The molecule has 1 aromatic heterocycles. The summed E-state index contributed by atoms with van der Waals surface area (Å²) >= 11 is 0. The van der Waals surface area contributed by atoms with Crippen molar-refractivity contribution in [2.45, 2.75) is 12.5 Å². The van der Waals surface area contributed by atoms with Gasteiger partial charge in [-0.1, -0.05) is 5.16 Å². The summed E-state index contributed by atoms with van der Waals surface area (Å²) in [6.45, 7) is 3.05. The SMILES string of the molecule is Cn1nccc1CCN1CCOC(/C(N)=N/O)C1. The summed E-state index contributed by atoms with van der Waals surface area (Å²) in [5.41, 5.74) is 6.76. The van der Waals surface area contributed by atoms with E-state index in [2.05, 4.69) is 15.2 Å². The van der Waals surface area contributed by atoms with Crippen molar-refractivity contribution < 1.29 is 9.94 Å². The Hall–Kier alpha value is -1.60. The molecule has 0 aromatic carbocycles. The van der Waals surface area contributed by atoms with Crippen molar-refractivity contribution in [1.82, 2.24) is 14.7 Å². The fourth-order valence-corrected chi connectivity index (χ4v) is 2.07. The van der Waals surface area contributed by atoms with Gasteiger partial charge in [0, 0.05) is 45.0 Å². The molecule has 2 rings (SSSR count). The number of morpholine rings is 1. The average molecular weight is 253 g/mol. The lowest BCUT2D eigenvalue weighted by atomic mass is 10.2. The fraction of sp³-hybridized carbons (Fsp3) is 0.636. The van der Waals surface area contributed by atoms with E-state index >= 15 is 0 Å². The van der Waals surface area contributed by atoms with E-state index in [-0.39, 0.29) is 11.9 Å². The minimum atomic E-state index is -0.310. The molecule has 1 unspecified atom stereocenters. The third-order valence-corrected chi connectivity index (χ3v) is 3.20. The van der Waals surface area contributed by atoms with E-state index < -0.39 is 0 Å². The summed E-state index contributed by atoms with van der Waals surface area (Å²) in [6, 6.07) is 2.02. The van der Waals surface area contributed by atoms with Crippen LogP contribution in [0.15, 0.2) is 17.4 Å². The number of hydrogen-bond acceptors (Lipinski definition) is 5. The van der Waals surface area contributed by atoms with Gasteiger partial charge in [0.25, 0.3) is 0 Å². The highest BCUT2D eigenvalue weighted by Crippen LogP contribution is 2.07. The normalized spacial score (nSPS) is 22.3. The van der Waals surface area contributed by atoms with Crippen LogP contribution in [0.25, 0.3) is 0 Å². The molecular weight excluding hydrogens is 234 g/mol. The van der Waals surface area contributed by atoms with E-state index in [0.717, 1.165) is 19.5 Å². The summed E-state index contributed by atoms with van der Waals surface area (Å²) < 4.78 is 7.32. The summed E-state index contributed by atoms with van der Waals surface area (Å²) in [5.74, 6) is 0.139. The lowest BCUT2D eigenvalue weighted by molar-refractivity contribution is 0.00503. The zero-order chi connectivity index (χ0) is 13.0. The molecule has 1 aromatic rings. The molecule has 7 heteroatoms. The topological polar surface area (TPSA) is 88.9 Å². The van der Waals surface area contributed by atoms with Gasteiger partial charge in [-0.05, 0) is 6.07 Å². The van der Waals surface area contributed by atoms with Crippen LogP contribution in [-0.2, 0) is 18.2 Å². The number of aryl methyl sites for hydroxylation is 1. The van der Waals surface area contributed by atoms with Gasteiger partial charge < -0.3 is 15.7 Å². The standard InChI is InChI=1S/C11H19N5O2/c1-15-9(2-4-13-15)3-5-16-6-7-18-10(8-16)11(12)14-17/h2,4,10,17H,3,5-8H2,1H3,(H2,12,14). The Morgan fingerprint density at radius 3 is 3.22 bits per heavy atom. The van der Waals surface area contributed by atoms with Crippen LogP contribution in [0.5, 0.6) is 0 Å². The number of nitrogens with two attached hydrogens (primary N) is 1. The van der Waals surface area contributed by atoms with Crippen molar-refractivity contribution in [2.75, 3.05) is 26.2 Å². The number of rotatable bonds is 4. The van der Waals surface area contributed by atoms with E-state index in [4.69, 9.17) is 15.7 Å². The van der Waals surface area contributed by atoms with Gasteiger partial charge in [0.15, 0.2) is 5.84 Å². The Morgan fingerprint density at radius 1 is 1.72 bits per heavy atom. The Labute approximate surface area is 106 Å². The summed E-state index contributed by atoms with van der Waals surface area (Å²) in [4.78, 5) is 2.25. The van der Waals surface area contributed by atoms with E-state index in [1.807, 2.05) is 17.8 Å². The lowest BCUT2D eigenvalue weighted by Gasteiger charge is -2.32. The molecule has 0 bridgehead atoms. The minimum Gasteiger partial charge on any atom is -0.409 e. The van der Waals surface area contributed by atoms with E-state index in [0.29, 0.717) is 13.2 Å². The molecule has 0 spiro atoms. The Kier molecular flexibility index (Phi) is 4.16. The third-order valence-electron chi connectivity index (χ3n) is 3.20. The number of hydrogen-bond donors (Lipinski definition) is 2. The van der Waals surface area contributed by atoms with Gasteiger partial charge in [-0.15, -0.1) is 0 Å². The number of aromatic nitrogens is 2. The molecule has 3 N–H and O–H groups in total. The largest absolute Gasteiger partial charge is 0.409 e. The third kappa shape index (κ3) is 2.99. The van der Waals surface area contributed by atoms with Crippen molar-refractivity contribution in [1.29, 1.82) is 0 Å². The molecule has 100 valence electrons. The highest BCUT2D eigenvalue weighted by Gasteiger charge is 2.23. The smallest absolute Gasteiger partial charge is 0.169 e. The van der Waals surface area contributed by atoms with Crippen LogP contribution in [0.3, 0.4) is 0 Å². The molecule has 1 aliphatic rings. The van der Waals surface area contributed by atoms with Crippen LogP contribution in [0.2, 0.25) is 0 Å². The number of ether oxygens (including phenoxy) is 1. The molecule has 2 heterocycles. The van der Waals surface area contributed by atoms with Gasteiger partial charge in [0.1, 0.15) is 6.10 Å². The van der Waals surface area contributed by atoms with Crippen molar-refractivity contribution in [2.24, 2.45) is 17.9 Å². The zero-order valence-corrected chi connectivity index (χ0v) is 10.5. The molecule has 1 saturated heterocycles. The highest BCUT2D eigenvalue weighted by atomic mass is 16.5. The van der Waals surface area contributed by atoms with Gasteiger partial charge in [-0.2, -0.15) is 5.10 Å². The van der Waals surface area contributed by atoms with Crippen molar-refractivity contribution in [3.8, 4) is 0 Å². The second-order valence-electron chi connectivity index (χ2n) is 4.38. The molecule has 7 nitrogen and oxygen atoms in total. The second kappa shape index (κ2) is 5.83. The van der Waals surface area contributed by atoms with Gasteiger partial charge in [-0.3, -0.25) is 9.58 Å². The molecule has 0 saturated carbocycles. The predicted molar refractivity (Wildman–Crippen MR) is 66.5 cm³/mol. The zero-order valence-electron chi connectivity index (χ0n) is 10.5. The average Bonchev–Trinajstić information content (AvgIpc) is 2.81. The van der Waals surface area contributed by atoms with Crippen molar-refractivity contribution in [3.05, 3.63) is 18.0 Å². The van der Waals surface area contributed by atoms with Crippen LogP contribution < -0.4 is 5.73 Å². The molecule has 0 amide bonds. The fourth-order valence-electron chi connectivity index (χ4n) is 2.07. The summed E-state index contributed by atoms with van der Waals surface area (Å²) in [5, 5.41) is 15.8. The first-order valence-electron chi connectivity index (χ1n) is 5.99. The van der Waals surface area contributed by atoms with Crippen LogP contribution in [-0.4, -0.2) is 58.1 Å². The van der Waals surface area contributed by atoms with E-state index in [1.165, 1.54) is 5.69 Å². The molecule has 0 radical (unpaired) electrons. The second-order valence-corrected chi connectivity index (χ2v) is 4.38. The van der Waals surface area contributed by atoms with Gasteiger partial charge in [0.05, 0.1) is 6.61 Å². The molecule has 1 fully saturated rings.